The van der Waals surface area contributed by atoms with Crippen LogP contribution in [0.1, 0.15) is 27.7 Å². The molecule has 0 aliphatic carbocycles. The number of rotatable bonds is 9. The lowest BCUT2D eigenvalue weighted by atomic mass is 10.1. The molecular weight excluding hydrogens is 342 g/mol. The van der Waals surface area contributed by atoms with Crippen molar-refractivity contribution in [2.75, 3.05) is 26.4 Å². The summed E-state index contributed by atoms with van der Waals surface area (Å²) in [5, 5.41) is 13.3. The highest BCUT2D eigenvalue weighted by Crippen LogP contribution is 2.37. The van der Waals surface area contributed by atoms with Crippen molar-refractivity contribution >= 4 is 19.9 Å². The quantitative estimate of drug-likeness (QED) is 0.640. The first-order valence-electron chi connectivity index (χ1n) is 8.37. The van der Waals surface area contributed by atoms with E-state index in [4.69, 9.17) is 25.9 Å². The van der Waals surface area contributed by atoms with E-state index < -0.39 is 8.32 Å². The molecule has 0 aliphatic heterocycles. The zero-order valence-corrected chi connectivity index (χ0v) is 17.5. The largest absolute Gasteiger partial charge is 0.492 e. The van der Waals surface area contributed by atoms with Gasteiger partial charge in [-0.1, -0.05) is 38.4 Å². The second-order valence-corrected chi connectivity index (χ2v) is 13.3. The Morgan fingerprint density at radius 2 is 1.83 bits per heavy atom. The van der Waals surface area contributed by atoms with Crippen LogP contribution < -0.4 is 10.1 Å². The van der Waals surface area contributed by atoms with E-state index in [9.17, 15) is 0 Å². The highest BCUT2D eigenvalue weighted by molar-refractivity contribution is 6.74. The van der Waals surface area contributed by atoms with Gasteiger partial charge in [0, 0.05) is 11.6 Å². The van der Waals surface area contributed by atoms with Crippen LogP contribution in [-0.4, -0.2) is 45.3 Å². The number of aliphatic hydroxyl groups is 1. The molecule has 0 radical (unpaired) electrons. The predicted molar refractivity (Wildman–Crippen MR) is 104 cm³/mol. The van der Waals surface area contributed by atoms with Crippen LogP contribution in [-0.2, 0) is 4.43 Å². The van der Waals surface area contributed by atoms with Gasteiger partial charge in [-0.3, -0.25) is 0 Å². The van der Waals surface area contributed by atoms with Gasteiger partial charge >= 0.3 is 0 Å². The molecule has 0 bridgehead atoms. The van der Waals surface area contributed by atoms with Crippen LogP contribution in [0.4, 0.5) is 0 Å². The second-order valence-electron chi connectivity index (χ2n) is 8.01. The van der Waals surface area contributed by atoms with E-state index in [1.807, 2.05) is 18.2 Å². The van der Waals surface area contributed by atoms with Crippen molar-refractivity contribution in [3.05, 3.63) is 29.3 Å². The Bertz CT molecular complexity index is 519. The molecule has 0 fully saturated rings. The number of benzene rings is 1. The Morgan fingerprint density at radius 1 is 1.17 bits per heavy atom. The molecule has 1 aromatic rings. The van der Waals surface area contributed by atoms with Gasteiger partial charge in [0.25, 0.3) is 0 Å². The maximum Gasteiger partial charge on any atom is 0.192 e. The molecule has 0 aromatic heterocycles. The fourth-order valence-corrected chi connectivity index (χ4v) is 3.15. The molecule has 0 heterocycles. The van der Waals surface area contributed by atoms with Gasteiger partial charge in [0.05, 0.1) is 18.8 Å². The van der Waals surface area contributed by atoms with E-state index in [0.717, 1.165) is 5.75 Å². The minimum Gasteiger partial charge on any atom is -0.492 e. The van der Waals surface area contributed by atoms with Gasteiger partial charge in [0.1, 0.15) is 12.4 Å². The van der Waals surface area contributed by atoms with Crippen LogP contribution in [0, 0.1) is 0 Å². The zero-order valence-electron chi connectivity index (χ0n) is 15.8. The number of nitrogens with one attached hydrogen (secondary N) is 1. The molecule has 1 atom stereocenters. The third-order valence-corrected chi connectivity index (χ3v) is 9.29. The number of ether oxygens (including phenoxy) is 1. The lowest BCUT2D eigenvalue weighted by Gasteiger charge is -2.40. The maximum atomic E-state index is 9.16. The summed E-state index contributed by atoms with van der Waals surface area (Å²) in [5.41, 5.74) is -0.388. The van der Waals surface area contributed by atoms with Crippen LogP contribution in [0.2, 0.25) is 23.2 Å². The van der Waals surface area contributed by atoms with Crippen molar-refractivity contribution < 1.29 is 14.3 Å². The highest BCUT2D eigenvalue weighted by Gasteiger charge is 2.39. The lowest BCUT2D eigenvalue weighted by Crippen LogP contribution is -2.55. The maximum absolute atomic E-state index is 9.16. The smallest absolute Gasteiger partial charge is 0.192 e. The fourth-order valence-electron chi connectivity index (χ4n) is 1.86. The number of hydrogen-bond acceptors (Lipinski definition) is 4. The van der Waals surface area contributed by atoms with E-state index in [1.165, 1.54) is 0 Å². The molecule has 0 spiro atoms. The Labute approximate surface area is 152 Å². The summed E-state index contributed by atoms with van der Waals surface area (Å²) in [4.78, 5) is 0. The van der Waals surface area contributed by atoms with Gasteiger partial charge in [-0.25, -0.2) is 0 Å². The fraction of sp³-hybridized carbons (Fsp3) is 0.667. The Morgan fingerprint density at radius 3 is 2.38 bits per heavy atom. The minimum atomic E-state index is -1.85. The van der Waals surface area contributed by atoms with Crippen molar-refractivity contribution in [3.63, 3.8) is 0 Å². The molecule has 0 aliphatic rings. The molecule has 4 nitrogen and oxygen atoms in total. The summed E-state index contributed by atoms with van der Waals surface area (Å²) in [5.74, 6) is 0.729. The molecule has 138 valence electrons. The van der Waals surface area contributed by atoms with Crippen LogP contribution in [0.3, 0.4) is 0 Å². The molecule has 1 aromatic carbocycles. The molecule has 0 saturated carbocycles. The lowest BCUT2D eigenvalue weighted by molar-refractivity contribution is 0.114. The van der Waals surface area contributed by atoms with E-state index in [0.29, 0.717) is 24.8 Å². The summed E-state index contributed by atoms with van der Waals surface area (Å²) >= 11 is 6.00. The SMILES string of the molecule is CC(C)(C)[Si](C)(C)OC[C@](C)(COc1cccc(Cl)c1)NCCO. The third-order valence-electron chi connectivity index (χ3n) is 4.57. The number of β-amino-alcohol motifs (C(OH)–C–C–N with tert-alkyl or cyclic N) is 1. The molecule has 0 saturated heterocycles. The molecule has 6 heteroatoms. The predicted octanol–water partition coefficient (Wildman–Crippen LogP) is 4.08. The summed E-state index contributed by atoms with van der Waals surface area (Å²) in [6.45, 7) is 14.7. The van der Waals surface area contributed by atoms with Crippen LogP contribution >= 0.6 is 11.6 Å². The minimum absolute atomic E-state index is 0.0762. The molecule has 0 unspecified atom stereocenters. The summed E-state index contributed by atoms with van der Waals surface area (Å²) in [7, 11) is -1.85. The van der Waals surface area contributed by atoms with Crippen molar-refractivity contribution in [2.45, 2.75) is 51.4 Å². The van der Waals surface area contributed by atoms with Gasteiger partial charge in [0.2, 0.25) is 0 Å². The first kappa shape index (κ1) is 21.4. The van der Waals surface area contributed by atoms with E-state index in [1.54, 1.807) is 6.07 Å². The topological polar surface area (TPSA) is 50.7 Å². The summed E-state index contributed by atoms with van der Waals surface area (Å²) in [6, 6.07) is 7.36. The molecule has 2 N–H and O–H groups in total. The second kappa shape index (κ2) is 8.67. The van der Waals surface area contributed by atoms with Gasteiger partial charge in [-0.15, -0.1) is 0 Å². The van der Waals surface area contributed by atoms with Crippen LogP contribution in [0.25, 0.3) is 0 Å². The molecular formula is C18H32ClNO3Si. The normalized spacial score (nSPS) is 15.2. The monoisotopic (exact) mass is 373 g/mol. The van der Waals surface area contributed by atoms with Gasteiger partial charge in [-0.05, 0) is 43.3 Å². The standard InChI is InChI=1S/C18H32ClNO3Si/c1-17(2,3)24(5,6)23-14-18(4,20-10-11-21)13-22-16-9-7-8-15(19)12-16/h7-9,12,20-21H,10-11,13-14H2,1-6H3/t18-/m0/s1. The summed E-state index contributed by atoms with van der Waals surface area (Å²) in [6.07, 6.45) is 0. The molecule has 24 heavy (non-hydrogen) atoms. The highest BCUT2D eigenvalue weighted by atomic mass is 35.5. The average Bonchev–Trinajstić information content (AvgIpc) is 2.48. The Hall–Kier alpha value is -0.593. The molecule has 1 rings (SSSR count). The van der Waals surface area contributed by atoms with Crippen molar-refractivity contribution in [3.8, 4) is 5.75 Å². The van der Waals surface area contributed by atoms with Gasteiger partial charge < -0.3 is 19.6 Å². The Balaban J connectivity index is 2.74. The number of aliphatic hydroxyl groups excluding tert-OH is 1. The first-order valence-corrected chi connectivity index (χ1v) is 11.7. The summed E-state index contributed by atoms with van der Waals surface area (Å²) < 4.78 is 12.3. The van der Waals surface area contributed by atoms with Crippen molar-refractivity contribution in [2.24, 2.45) is 0 Å². The zero-order chi connectivity index (χ0) is 18.4. The number of halogens is 1. The third kappa shape index (κ3) is 6.73. The number of hydrogen-bond donors (Lipinski definition) is 2. The van der Waals surface area contributed by atoms with Gasteiger partial charge in [0.15, 0.2) is 8.32 Å². The van der Waals surface area contributed by atoms with Crippen molar-refractivity contribution in [1.29, 1.82) is 0 Å². The van der Waals surface area contributed by atoms with E-state index >= 15 is 0 Å². The van der Waals surface area contributed by atoms with Crippen molar-refractivity contribution in [1.82, 2.24) is 5.32 Å². The van der Waals surface area contributed by atoms with Crippen LogP contribution in [0.5, 0.6) is 5.75 Å². The Kier molecular flexibility index (Phi) is 7.75. The van der Waals surface area contributed by atoms with E-state index in [2.05, 4.69) is 46.1 Å². The average molecular weight is 374 g/mol. The first-order chi connectivity index (χ1) is 11.0. The van der Waals surface area contributed by atoms with E-state index in [-0.39, 0.29) is 17.2 Å². The molecule has 0 amide bonds. The van der Waals surface area contributed by atoms with Gasteiger partial charge in [-0.2, -0.15) is 0 Å². The van der Waals surface area contributed by atoms with Crippen LogP contribution in [0.15, 0.2) is 24.3 Å².